The standard InChI is InChI=1S/C21H25N5O3/c1-6-29-21(28)18-11-17(24-25(18)5)20(27)22-19-14(3)23-26(15(19)4)12-16-10-8-7-9-13(16)2/h7-11H,6,12H2,1-5H3,(H,22,27). The van der Waals surface area contributed by atoms with Gasteiger partial charge in [0.05, 0.1) is 30.2 Å². The third kappa shape index (κ3) is 4.21. The van der Waals surface area contributed by atoms with E-state index >= 15 is 0 Å². The van der Waals surface area contributed by atoms with Crippen LogP contribution in [0.4, 0.5) is 5.69 Å². The van der Waals surface area contributed by atoms with Gasteiger partial charge in [-0.3, -0.25) is 14.2 Å². The number of benzene rings is 1. The smallest absolute Gasteiger partial charge is 0.356 e. The minimum absolute atomic E-state index is 0.140. The first kappa shape index (κ1) is 20.3. The van der Waals surface area contributed by atoms with E-state index in [9.17, 15) is 9.59 Å². The molecule has 0 aliphatic rings. The van der Waals surface area contributed by atoms with E-state index in [1.807, 2.05) is 30.7 Å². The highest BCUT2D eigenvalue weighted by molar-refractivity contribution is 6.04. The van der Waals surface area contributed by atoms with E-state index < -0.39 is 11.9 Å². The molecule has 3 rings (SSSR count). The second-order valence-electron chi connectivity index (χ2n) is 6.84. The molecule has 0 unspecified atom stereocenters. The normalized spacial score (nSPS) is 10.8. The topological polar surface area (TPSA) is 91.0 Å². The number of ether oxygens (including phenoxy) is 1. The molecule has 1 amide bonds. The van der Waals surface area contributed by atoms with Gasteiger partial charge in [-0.2, -0.15) is 10.2 Å². The van der Waals surface area contributed by atoms with Gasteiger partial charge in [0.1, 0.15) is 5.69 Å². The van der Waals surface area contributed by atoms with Crippen LogP contribution in [0, 0.1) is 20.8 Å². The zero-order valence-electron chi connectivity index (χ0n) is 17.3. The largest absolute Gasteiger partial charge is 0.461 e. The number of aromatic nitrogens is 4. The molecule has 0 fully saturated rings. The quantitative estimate of drug-likeness (QED) is 0.648. The van der Waals surface area contributed by atoms with Crippen molar-refractivity contribution in [1.82, 2.24) is 19.6 Å². The van der Waals surface area contributed by atoms with Crippen LogP contribution in [-0.2, 0) is 18.3 Å². The summed E-state index contributed by atoms with van der Waals surface area (Å²) in [7, 11) is 1.60. The van der Waals surface area contributed by atoms with Gasteiger partial charge in [0.15, 0.2) is 5.69 Å². The van der Waals surface area contributed by atoms with Crippen molar-refractivity contribution in [3.05, 3.63) is 64.2 Å². The Morgan fingerprint density at radius 1 is 1.14 bits per heavy atom. The summed E-state index contributed by atoms with van der Waals surface area (Å²) in [5.41, 5.74) is 4.92. The van der Waals surface area contributed by atoms with Gasteiger partial charge >= 0.3 is 5.97 Å². The van der Waals surface area contributed by atoms with Crippen LogP contribution in [0.15, 0.2) is 30.3 Å². The van der Waals surface area contributed by atoms with E-state index in [0.717, 1.165) is 5.69 Å². The number of anilines is 1. The first-order chi connectivity index (χ1) is 13.8. The van der Waals surface area contributed by atoms with E-state index in [1.54, 1.807) is 14.0 Å². The number of amides is 1. The fourth-order valence-corrected chi connectivity index (χ4v) is 3.13. The molecule has 2 aromatic heterocycles. The maximum atomic E-state index is 12.7. The number of aryl methyl sites for hydroxylation is 3. The van der Waals surface area contributed by atoms with Crippen molar-refractivity contribution in [2.45, 2.75) is 34.2 Å². The maximum Gasteiger partial charge on any atom is 0.356 e. The molecule has 1 aromatic carbocycles. The van der Waals surface area contributed by atoms with Crippen LogP contribution >= 0.6 is 0 Å². The molecule has 0 saturated carbocycles. The van der Waals surface area contributed by atoms with E-state index in [2.05, 4.69) is 34.6 Å². The van der Waals surface area contributed by atoms with Crippen molar-refractivity contribution in [2.24, 2.45) is 7.05 Å². The maximum absolute atomic E-state index is 12.7. The molecule has 2 heterocycles. The summed E-state index contributed by atoms with van der Waals surface area (Å²) in [6.07, 6.45) is 0. The first-order valence-corrected chi connectivity index (χ1v) is 9.42. The van der Waals surface area contributed by atoms with Gasteiger partial charge in [-0.15, -0.1) is 0 Å². The minimum atomic E-state index is -0.514. The van der Waals surface area contributed by atoms with Crippen molar-refractivity contribution in [2.75, 3.05) is 11.9 Å². The zero-order chi connectivity index (χ0) is 21.1. The molecule has 1 N–H and O–H groups in total. The predicted molar refractivity (Wildman–Crippen MR) is 109 cm³/mol. The molecule has 0 bridgehead atoms. The lowest BCUT2D eigenvalue weighted by atomic mass is 10.1. The number of rotatable bonds is 6. The summed E-state index contributed by atoms with van der Waals surface area (Å²) in [4.78, 5) is 24.7. The van der Waals surface area contributed by atoms with E-state index in [0.29, 0.717) is 17.9 Å². The molecule has 0 atom stereocenters. The van der Waals surface area contributed by atoms with Crippen LogP contribution in [0.2, 0.25) is 0 Å². The average Bonchev–Trinajstić information content (AvgIpc) is 3.19. The number of carbonyl (C=O) groups is 2. The van der Waals surface area contributed by atoms with Gasteiger partial charge in [0, 0.05) is 13.1 Å². The molecule has 0 aliphatic heterocycles. The summed E-state index contributed by atoms with van der Waals surface area (Å²) in [6.45, 7) is 8.42. The Bertz CT molecular complexity index is 1060. The monoisotopic (exact) mass is 395 g/mol. The Labute approximate surface area is 169 Å². The molecule has 29 heavy (non-hydrogen) atoms. The van der Waals surface area contributed by atoms with E-state index in [4.69, 9.17) is 4.74 Å². The van der Waals surface area contributed by atoms with Crippen LogP contribution in [0.5, 0.6) is 0 Å². The van der Waals surface area contributed by atoms with Crippen molar-refractivity contribution < 1.29 is 14.3 Å². The van der Waals surface area contributed by atoms with Crippen molar-refractivity contribution >= 4 is 17.6 Å². The second kappa shape index (κ2) is 8.30. The molecule has 0 spiro atoms. The summed E-state index contributed by atoms with van der Waals surface area (Å²) in [5, 5.41) is 11.6. The van der Waals surface area contributed by atoms with Crippen LogP contribution in [-0.4, -0.2) is 38.0 Å². The number of nitrogens with zero attached hydrogens (tertiary/aromatic N) is 4. The summed E-state index contributed by atoms with van der Waals surface area (Å²) in [5.74, 6) is -0.919. The van der Waals surface area contributed by atoms with Gasteiger partial charge in [-0.05, 0) is 38.8 Å². The molecule has 8 nitrogen and oxygen atoms in total. The first-order valence-electron chi connectivity index (χ1n) is 9.42. The van der Waals surface area contributed by atoms with Crippen LogP contribution in [0.25, 0.3) is 0 Å². The number of carbonyl (C=O) groups excluding carboxylic acids is 2. The SMILES string of the molecule is CCOC(=O)c1cc(C(=O)Nc2c(C)nn(Cc3ccccc3C)c2C)nn1C. The van der Waals surface area contributed by atoms with Gasteiger partial charge < -0.3 is 10.1 Å². The Balaban J connectivity index is 1.81. The van der Waals surface area contributed by atoms with E-state index in [1.165, 1.54) is 21.9 Å². The molecular formula is C21H25N5O3. The number of nitrogens with one attached hydrogen (secondary N) is 1. The summed E-state index contributed by atoms with van der Waals surface area (Å²) >= 11 is 0. The Morgan fingerprint density at radius 3 is 2.55 bits per heavy atom. The van der Waals surface area contributed by atoms with Crippen molar-refractivity contribution in [3.8, 4) is 0 Å². The summed E-state index contributed by atoms with van der Waals surface area (Å²) in [6, 6.07) is 9.55. The third-order valence-corrected chi connectivity index (χ3v) is 4.80. The molecule has 0 aliphatic carbocycles. The van der Waals surface area contributed by atoms with Gasteiger partial charge in [0.25, 0.3) is 5.91 Å². The minimum Gasteiger partial charge on any atom is -0.461 e. The highest BCUT2D eigenvalue weighted by atomic mass is 16.5. The summed E-state index contributed by atoms with van der Waals surface area (Å²) < 4.78 is 8.20. The number of esters is 1. The second-order valence-corrected chi connectivity index (χ2v) is 6.84. The Kier molecular flexibility index (Phi) is 5.81. The van der Waals surface area contributed by atoms with E-state index in [-0.39, 0.29) is 18.0 Å². The predicted octanol–water partition coefficient (Wildman–Crippen LogP) is 3.02. The lowest BCUT2D eigenvalue weighted by Gasteiger charge is -2.08. The molecular weight excluding hydrogens is 370 g/mol. The highest BCUT2D eigenvalue weighted by Gasteiger charge is 2.21. The highest BCUT2D eigenvalue weighted by Crippen LogP contribution is 2.22. The molecule has 0 saturated heterocycles. The van der Waals surface area contributed by atoms with Crippen molar-refractivity contribution in [3.63, 3.8) is 0 Å². The number of hydrogen-bond acceptors (Lipinski definition) is 5. The third-order valence-electron chi connectivity index (χ3n) is 4.80. The van der Waals surface area contributed by atoms with Gasteiger partial charge in [0.2, 0.25) is 0 Å². The van der Waals surface area contributed by atoms with Crippen LogP contribution in [0.1, 0.15) is 50.4 Å². The number of hydrogen-bond donors (Lipinski definition) is 1. The fourth-order valence-electron chi connectivity index (χ4n) is 3.13. The average molecular weight is 395 g/mol. The lowest BCUT2D eigenvalue weighted by Crippen LogP contribution is -2.14. The molecule has 8 heteroatoms. The zero-order valence-corrected chi connectivity index (χ0v) is 17.3. The molecule has 3 aromatic rings. The Hall–Kier alpha value is -3.42. The fraction of sp³-hybridized carbons (Fsp3) is 0.333. The molecule has 0 radical (unpaired) electrons. The Morgan fingerprint density at radius 2 is 1.86 bits per heavy atom. The van der Waals surface area contributed by atoms with Crippen molar-refractivity contribution in [1.29, 1.82) is 0 Å². The van der Waals surface area contributed by atoms with Crippen LogP contribution < -0.4 is 5.32 Å². The van der Waals surface area contributed by atoms with Gasteiger partial charge in [-0.25, -0.2) is 4.79 Å². The van der Waals surface area contributed by atoms with Crippen LogP contribution in [0.3, 0.4) is 0 Å². The van der Waals surface area contributed by atoms with Gasteiger partial charge in [-0.1, -0.05) is 24.3 Å². The lowest BCUT2D eigenvalue weighted by molar-refractivity contribution is 0.0513. The molecule has 152 valence electrons.